The summed E-state index contributed by atoms with van der Waals surface area (Å²) in [6, 6.07) is 20.5. The molecule has 0 heteroatoms. The predicted octanol–water partition coefficient (Wildman–Crippen LogP) is 4.61. The van der Waals surface area contributed by atoms with Crippen molar-refractivity contribution in [2.75, 3.05) is 0 Å². The summed E-state index contributed by atoms with van der Waals surface area (Å²) in [5.41, 5.74) is 2.27. The largest absolute Gasteiger partial charge is 0.0925 e. The summed E-state index contributed by atoms with van der Waals surface area (Å²) in [6.45, 7) is 3.58. The molecule has 2 aromatic carbocycles. The van der Waals surface area contributed by atoms with Crippen molar-refractivity contribution in [3.63, 3.8) is 0 Å². The van der Waals surface area contributed by atoms with Crippen LogP contribution >= 0.6 is 0 Å². The average Bonchev–Trinajstić information content (AvgIpc) is 2.65. The lowest BCUT2D eigenvalue weighted by Crippen LogP contribution is -2.08. The Labute approximate surface area is 145 Å². The molecule has 0 saturated heterocycles. The Bertz CT molecular complexity index is 810. The van der Waals surface area contributed by atoms with Crippen molar-refractivity contribution in [3.05, 3.63) is 71.8 Å². The number of benzene rings is 2. The smallest absolute Gasteiger partial charge is 0.0641 e. The van der Waals surface area contributed by atoms with E-state index >= 15 is 0 Å². The van der Waals surface area contributed by atoms with Crippen molar-refractivity contribution < 1.29 is 0 Å². The van der Waals surface area contributed by atoms with Gasteiger partial charge in [0.25, 0.3) is 0 Å². The molecule has 2 aromatic rings. The van der Waals surface area contributed by atoms with Crippen LogP contribution in [0.5, 0.6) is 0 Å². The highest BCUT2D eigenvalue weighted by molar-refractivity contribution is 5.44. The van der Waals surface area contributed by atoms with Gasteiger partial charge >= 0.3 is 0 Å². The van der Waals surface area contributed by atoms with Crippen LogP contribution in [-0.4, -0.2) is 0 Å². The molecule has 0 aromatic heterocycles. The Hall–Kier alpha value is -3.32. The maximum Gasteiger partial charge on any atom is 0.0641 e. The van der Waals surface area contributed by atoms with Gasteiger partial charge in [0.05, 0.1) is 11.8 Å². The molecule has 0 aliphatic rings. The van der Waals surface area contributed by atoms with Crippen molar-refractivity contribution in [2.24, 2.45) is 0 Å². The van der Waals surface area contributed by atoms with Crippen LogP contribution in [-0.2, 0) is 0 Å². The fourth-order valence-electron chi connectivity index (χ4n) is 2.39. The van der Waals surface area contributed by atoms with Gasteiger partial charge in [-0.2, -0.15) is 0 Å². The van der Waals surface area contributed by atoms with Crippen LogP contribution in [0.15, 0.2) is 60.7 Å². The van der Waals surface area contributed by atoms with Crippen LogP contribution < -0.4 is 0 Å². The van der Waals surface area contributed by atoms with Gasteiger partial charge in [-0.25, -0.2) is 0 Å². The minimum absolute atomic E-state index is 0.0550. The minimum atomic E-state index is -0.0550. The van der Waals surface area contributed by atoms with E-state index < -0.39 is 0 Å². The molecule has 0 saturated carbocycles. The Morgan fingerprint density at radius 3 is 1.25 bits per heavy atom. The van der Waals surface area contributed by atoms with E-state index in [0.717, 1.165) is 11.1 Å². The van der Waals surface area contributed by atoms with E-state index in [1.807, 2.05) is 36.4 Å². The SMILES string of the molecule is CC#CC#CC(c1ccccc1)C(C#CC#CC)c1ccccc1. The molecule has 0 heterocycles. The topological polar surface area (TPSA) is 0 Å². The highest BCUT2D eigenvalue weighted by atomic mass is 14.2. The van der Waals surface area contributed by atoms with E-state index in [9.17, 15) is 0 Å². The third-order valence-corrected chi connectivity index (χ3v) is 3.48. The first-order chi connectivity index (χ1) is 11.9. The lowest BCUT2D eigenvalue weighted by molar-refractivity contribution is 0.780. The predicted molar refractivity (Wildman–Crippen MR) is 101 cm³/mol. The van der Waals surface area contributed by atoms with Crippen molar-refractivity contribution in [1.82, 2.24) is 0 Å². The minimum Gasteiger partial charge on any atom is -0.0925 e. The molecule has 0 amide bonds. The van der Waals surface area contributed by atoms with Gasteiger partial charge in [-0.3, -0.25) is 0 Å². The van der Waals surface area contributed by atoms with Crippen molar-refractivity contribution in [2.45, 2.75) is 25.7 Å². The van der Waals surface area contributed by atoms with Gasteiger partial charge in [0.1, 0.15) is 0 Å². The normalized spacial score (nSPS) is 10.9. The Balaban J connectivity index is 2.55. The third kappa shape index (κ3) is 4.85. The molecule has 0 N–H and O–H groups in total. The van der Waals surface area contributed by atoms with Crippen molar-refractivity contribution in [3.8, 4) is 47.4 Å². The van der Waals surface area contributed by atoms with Crippen LogP contribution in [0.4, 0.5) is 0 Å². The van der Waals surface area contributed by atoms with Gasteiger partial charge in [-0.05, 0) is 48.7 Å². The Morgan fingerprint density at radius 1 is 0.542 bits per heavy atom. The molecule has 2 atom stereocenters. The maximum absolute atomic E-state index is 3.29. The van der Waals surface area contributed by atoms with Crippen LogP contribution in [0.25, 0.3) is 0 Å². The first kappa shape index (κ1) is 17.0. The summed E-state index contributed by atoms with van der Waals surface area (Å²) in [7, 11) is 0. The van der Waals surface area contributed by atoms with E-state index in [-0.39, 0.29) is 11.8 Å². The summed E-state index contributed by atoms with van der Waals surface area (Å²) >= 11 is 0. The summed E-state index contributed by atoms with van der Waals surface area (Å²) in [4.78, 5) is 0. The standard InChI is InChI=1S/C24H18/c1-3-5-9-19-23(21-15-11-7-12-16-21)24(20-10-6-4-2)22-17-13-8-14-18-22/h7-8,11-18,23-24H,1-2H3. The molecule has 2 unspecified atom stereocenters. The zero-order valence-electron chi connectivity index (χ0n) is 13.9. The number of hydrogen-bond acceptors (Lipinski definition) is 0. The van der Waals surface area contributed by atoms with Crippen LogP contribution in [0.3, 0.4) is 0 Å². The molecular formula is C24H18. The molecule has 114 valence electrons. The van der Waals surface area contributed by atoms with Gasteiger partial charge in [-0.1, -0.05) is 84.3 Å². The molecule has 0 aliphatic heterocycles. The fourth-order valence-corrected chi connectivity index (χ4v) is 2.39. The summed E-state index contributed by atoms with van der Waals surface area (Å²) < 4.78 is 0. The second kappa shape index (κ2) is 9.65. The van der Waals surface area contributed by atoms with Gasteiger partial charge in [-0.15, -0.1) is 0 Å². The van der Waals surface area contributed by atoms with Crippen LogP contribution in [0.1, 0.15) is 36.8 Å². The van der Waals surface area contributed by atoms with Crippen molar-refractivity contribution in [1.29, 1.82) is 0 Å². The zero-order valence-corrected chi connectivity index (χ0v) is 13.9. The fraction of sp³-hybridized carbons (Fsp3) is 0.167. The summed E-state index contributed by atoms with van der Waals surface area (Å²) in [5.74, 6) is 23.7. The summed E-state index contributed by atoms with van der Waals surface area (Å²) in [6.07, 6.45) is 0. The van der Waals surface area contributed by atoms with Crippen LogP contribution in [0.2, 0.25) is 0 Å². The quantitative estimate of drug-likeness (QED) is 0.727. The molecule has 0 radical (unpaired) electrons. The van der Waals surface area contributed by atoms with E-state index in [4.69, 9.17) is 0 Å². The highest BCUT2D eigenvalue weighted by Crippen LogP contribution is 2.32. The average molecular weight is 306 g/mol. The molecule has 0 nitrogen and oxygen atoms in total. The molecule has 0 bridgehead atoms. The van der Waals surface area contributed by atoms with E-state index in [0.29, 0.717) is 0 Å². The van der Waals surface area contributed by atoms with E-state index in [1.54, 1.807) is 13.8 Å². The van der Waals surface area contributed by atoms with Gasteiger partial charge in [0.15, 0.2) is 0 Å². The van der Waals surface area contributed by atoms with Gasteiger partial charge < -0.3 is 0 Å². The first-order valence-corrected chi connectivity index (χ1v) is 7.81. The molecule has 0 fully saturated rings. The molecule has 0 spiro atoms. The highest BCUT2D eigenvalue weighted by Gasteiger charge is 2.21. The maximum atomic E-state index is 3.29. The summed E-state index contributed by atoms with van der Waals surface area (Å²) in [5, 5.41) is 0. The monoisotopic (exact) mass is 306 g/mol. The molecule has 24 heavy (non-hydrogen) atoms. The van der Waals surface area contributed by atoms with Gasteiger partial charge in [0, 0.05) is 0 Å². The van der Waals surface area contributed by atoms with E-state index in [2.05, 4.69) is 71.6 Å². The number of rotatable bonds is 3. The molecule has 2 rings (SSSR count). The zero-order chi connectivity index (χ0) is 17.0. The van der Waals surface area contributed by atoms with Gasteiger partial charge in [0.2, 0.25) is 0 Å². The second-order valence-electron chi connectivity index (χ2n) is 5.07. The first-order valence-electron chi connectivity index (χ1n) is 7.81. The Kier molecular flexibility index (Phi) is 6.85. The van der Waals surface area contributed by atoms with Crippen LogP contribution in [0, 0.1) is 47.4 Å². The Morgan fingerprint density at radius 2 is 0.917 bits per heavy atom. The number of hydrogen-bond donors (Lipinski definition) is 0. The third-order valence-electron chi connectivity index (χ3n) is 3.48. The lowest BCUT2D eigenvalue weighted by Gasteiger charge is -2.19. The molecule has 0 aliphatic carbocycles. The second-order valence-corrected chi connectivity index (χ2v) is 5.07. The van der Waals surface area contributed by atoms with E-state index in [1.165, 1.54) is 0 Å². The lowest BCUT2D eigenvalue weighted by atomic mass is 9.82. The molecular weight excluding hydrogens is 288 g/mol. The van der Waals surface area contributed by atoms with Crippen molar-refractivity contribution >= 4 is 0 Å².